The topological polar surface area (TPSA) is 49.7 Å². The second kappa shape index (κ2) is 6.51. The molecule has 16 heavy (non-hydrogen) atoms. The van der Waals surface area contributed by atoms with Crippen LogP contribution in [-0.2, 0) is 13.2 Å². The third-order valence-electron chi connectivity index (χ3n) is 2.47. The van der Waals surface area contributed by atoms with Gasteiger partial charge in [0.2, 0.25) is 0 Å². The zero-order chi connectivity index (χ0) is 12.0. The Morgan fingerprint density at radius 1 is 1.12 bits per heavy atom. The van der Waals surface area contributed by atoms with E-state index in [0.717, 1.165) is 29.5 Å². The molecule has 0 saturated heterocycles. The Labute approximate surface area is 96.7 Å². The van der Waals surface area contributed by atoms with Gasteiger partial charge in [-0.2, -0.15) is 0 Å². The Balaban J connectivity index is 2.93. The predicted octanol–water partition coefficient (Wildman–Crippen LogP) is 2.16. The number of hydrogen-bond donors (Lipinski definition) is 2. The van der Waals surface area contributed by atoms with E-state index in [2.05, 4.69) is 6.92 Å². The Hall–Kier alpha value is -1.06. The van der Waals surface area contributed by atoms with Crippen LogP contribution in [0, 0.1) is 6.92 Å². The first-order valence-electron chi connectivity index (χ1n) is 5.69. The van der Waals surface area contributed by atoms with Gasteiger partial charge in [0.15, 0.2) is 0 Å². The van der Waals surface area contributed by atoms with Crippen molar-refractivity contribution in [3.8, 4) is 5.75 Å². The first-order valence-corrected chi connectivity index (χ1v) is 5.69. The van der Waals surface area contributed by atoms with Crippen LogP contribution in [0.2, 0.25) is 0 Å². The van der Waals surface area contributed by atoms with E-state index in [1.165, 1.54) is 0 Å². The molecule has 0 aromatic heterocycles. The fourth-order valence-electron chi connectivity index (χ4n) is 1.67. The van der Waals surface area contributed by atoms with Gasteiger partial charge in [-0.05, 0) is 13.3 Å². The summed E-state index contributed by atoms with van der Waals surface area (Å²) in [4.78, 5) is 0. The van der Waals surface area contributed by atoms with Gasteiger partial charge in [-0.15, -0.1) is 0 Å². The van der Waals surface area contributed by atoms with Gasteiger partial charge in [-0.25, -0.2) is 0 Å². The van der Waals surface area contributed by atoms with E-state index in [9.17, 15) is 10.2 Å². The van der Waals surface area contributed by atoms with Crippen LogP contribution in [0.1, 0.15) is 36.5 Å². The number of ether oxygens (including phenoxy) is 1. The highest BCUT2D eigenvalue weighted by Gasteiger charge is 2.09. The summed E-state index contributed by atoms with van der Waals surface area (Å²) in [5, 5.41) is 18.5. The van der Waals surface area contributed by atoms with Crippen molar-refractivity contribution in [1.82, 2.24) is 0 Å². The van der Waals surface area contributed by atoms with E-state index in [1.54, 1.807) is 0 Å². The average Bonchev–Trinajstić information content (AvgIpc) is 2.30. The van der Waals surface area contributed by atoms with Crippen molar-refractivity contribution in [2.45, 2.75) is 39.9 Å². The molecule has 0 unspecified atom stereocenters. The zero-order valence-electron chi connectivity index (χ0n) is 9.99. The molecule has 0 amide bonds. The first-order chi connectivity index (χ1) is 7.72. The molecule has 0 heterocycles. The van der Waals surface area contributed by atoms with E-state index in [4.69, 9.17) is 4.74 Å². The van der Waals surface area contributed by atoms with Crippen molar-refractivity contribution in [3.05, 3.63) is 28.8 Å². The largest absolute Gasteiger partial charge is 0.493 e. The van der Waals surface area contributed by atoms with Gasteiger partial charge in [0.25, 0.3) is 0 Å². The first kappa shape index (κ1) is 13.0. The van der Waals surface area contributed by atoms with Crippen LogP contribution >= 0.6 is 0 Å². The number of aliphatic hydroxyl groups is 2. The number of aliphatic hydroxyl groups excluding tert-OH is 2. The van der Waals surface area contributed by atoms with Gasteiger partial charge >= 0.3 is 0 Å². The van der Waals surface area contributed by atoms with E-state index in [1.807, 2.05) is 19.1 Å². The van der Waals surface area contributed by atoms with Crippen molar-refractivity contribution in [3.63, 3.8) is 0 Å². The van der Waals surface area contributed by atoms with Crippen LogP contribution < -0.4 is 4.74 Å². The molecule has 3 nitrogen and oxygen atoms in total. The molecule has 0 spiro atoms. The van der Waals surface area contributed by atoms with Crippen molar-refractivity contribution >= 4 is 0 Å². The second-order valence-electron chi connectivity index (χ2n) is 3.93. The standard InChI is InChI=1S/C13H20O3/c1-3-4-5-16-13-11(8-14)6-10(2)7-12(13)9-15/h6-7,14-15H,3-5,8-9H2,1-2H3. The molecule has 0 fully saturated rings. The number of rotatable bonds is 6. The normalized spacial score (nSPS) is 10.5. The molecule has 0 aliphatic carbocycles. The van der Waals surface area contributed by atoms with E-state index < -0.39 is 0 Å². The average molecular weight is 224 g/mol. The lowest BCUT2D eigenvalue weighted by Gasteiger charge is -2.14. The number of unbranched alkanes of at least 4 members (excludes halogenated alkanes) is 1. The molecule has 0 atom stereocenters. The molecule has 1 rings (SSSR count). The van der Waals surface area contributed by atoms with Gasteiger partial charge in [-0.3, -0.25) is 0 Å². The van der Waals surface area contributed by atoms with Crippen LogP contribution in [0.4, 0.5) is 0 Å². The Morgan fingerprint density at radius 3 is 2.12 bits per heavy atom. The van der Waals surface area contributed by atoms with Gasteiger partial charge in [0.1, 0.15) is 5.75 Å². The molecule has 0 radical (unpaired) electrons. The Morgan fingerprint density at radius 2 is 1.69 bits per heavy atom. The summed E-state index contributed by atoms with van der Waals surface area (Å²) in [5.41, 5.74) is 2.52. The van der Waals surface area contributed by atoms with Crippen molar-refractivity contribution in [2.24, 2.45) is 0 Å². The minimum Gasteiger partial charge on any atom is -0.493 e. The second-order valence-corrected chi connectivity index (χ2v) is 3.93. The van der Waals surface area contributed by atoms with E-state index >= 15 is 0 Å². The lowest BCUT2D eigenvalue weighted by Crippen LogP contribution is -2.04. The summed E-state index contributed by atoms with van der Waals surface area (Å²) in [5.74, 6) is 0.643. The Kier molecular flexibility index (Phi) is 5.29. The minimum absolute atomic E-state index is 0.0594. The number of benzene rings is 1. The van der Waals surface area contributed by atoms with E-state index in [-0.39, 0.29) is 13.2 Å². The molecular weight excluding hydrogens is 204 g/mol. The van der Waals surface area contributed by atoms with Crippen LogP contribution in [0.25, 0.3) is 0 Å². The van der Waals surface area contributed by atoms with Crippen molar-refractivity contribution in [1.29, 1.82) is 0 Å². The maximum atomic E-state index is 9.26. The summed E-state index contributed by atoms with van der Waals surface area (Å²) < 4.78 is 5.63. The minimum atomic E-state index is -0.0594. The number of aryl methyl sites for hydroxylation is 1. The van der Waals surface area contributed by atoms with Gasteiger partial charge in [0.05, 0.1) is 19.8 Å². The van der Waals surface area contributed by atoms with Crippen LogP contribution in [-0.4, -0.2) is 16.8 Å². The third-order valence-corrected chi connectivity index (χ3v) is 2.47. The van der Waals surface area contributed by atoms with Gasteiger partial charge in [-0.1, -0.05) is 31.0 Å². The summed E-state index contributed by atoms with van der Waals surface area (Å²) in [6, 6.07) is 3.78. The molecular formula is C13H20O3. The lowest BCUT2D eigenvalue weighted by atomic mass is 10.1. The molecule has 0 bridgehead atoms. The maximum absolute atomic E-state index is 9.26. The maximum Gasteiger partial charge on any atom is 0.130 e. The fourth-order valence-corrected chi connectivity index (χ4v) is 1.67. The highest BCUT2D eigenvalue weighted by Crippen LogP contribution is 2.26. The molecule has 1 aromatic carbocycles. The van der Waals surface area contributed by atoms with Crippen LogP contribution in [0.3, 0.4) is 0 Å². The monoisotopic (exact) mass is 224 g/mol. The highest BCUT2D eigenvalue weighted by molar-refractivity contribution is 5.44. The third kappa shape index (κ3) is 3.22. The smallest absolute Gasteiger partial charge is 0.130 e. The molecule has 90 valence electrons. The summed E-state index contributed by atoms with van der Waals surface area (Å²) >= 11 is 0. The quantitative estimate of drug-likeness (QED) is 0.728. The molecule has 0 aliphatic heterocycles. The molecule has 1 aromatic rings. The zero-order valence-corrected chi connectivity index (χ0v) is 9.99. The molecule has 0 saturated carbocycles. The highest BCUT2D eigenvalue weighted by atomic mass is 16.5. The molecule has 3 heteroatoms. The summed E-state index contributed by atoms with van der Waals surface area (Å²) in [6.07, 6.45) is 2.04. The van der Waals surface area contributed by atoms with Crippen molar-refractivity contribution in [2.75, 3.05) is 6.61 Å². The van der Waals surface area contributed by atoms with E-state index in [0.29, 0.717) is 12.4 Å². The van der Waals surface area contributed by atoms with Crippen molar-refractivity contribution < 1.29 is 14.9 Å². The SMILES string of the molecule is CCCCOc1c(CO)cc(C)cc1CO. The number of hydrogen-bond acceptors (Lipinski definition) is 3. The van der Waals surface area contributed by atoms with Gasteiger partial charge in [0, 0.05) is 11.1 Å². The predicted molar refractivity (Wildman–Crippen MR) is 63.4 cm³/mol. The summed E-state index contributed by atoms with van der Waals surface area (Å²) in [6.45, 7) is 4.54. The fraction of sp³-hybridized carbons (Fsp3) is 0.538. The molecule has 0 aliphatic rings. The molecule has 2 N–H and O–H groups in total. The Bertz CT molecular complexity index is 309. The van der Waals surface area contributed by atoms with Gasteiger partial charge < -0.3 is 14.9 Å². The van der Waals surface area contributed by atoms with Crippen LogP contribution in [0.5, 0.6) is 5.75 Å². The van der Waals surface area contributed by atoms with Crippen LogP contribution in [0.15, 0.2) is 12.1 Å². The summed E-state index contributed by atoms with van der Waals surface area (Å²) in [7, 11) is 0. The lowest BCUT2D eigenvalue weighted by molar-refractivity contribution is 0.245.